The molecule has 222 valence electrons. The number of hydrogen-bond donors (Lipinski definition) is 0. The van der Waals surface area contributed by atoms with Crippen LogP contribution in [0.4, 0.5) is 0 Å². The summed E-state index contributed by atoms with van der Waals surface area (Å²) in [5.74, 6) is 3.81. The molecule has 0 spiro atoms. The van der Waals surface area contributed by atoms with Gasteiger partial charge in [-0.05, 0) is 140 Å². The summed E-state index contributed by atoms with van der Waals surface area (Å²) in [6.07, 6.45) is 14.5. The maximum atomic E-state index is 2.77. The lowest BCUT2D eigenvalue weighted by molar-refractivity contribution is 0.121. The molecule has 1 aliphatic heterocycles. The smallest absolute Gasteiger partial charge is 0.0110 e. The highest BCUT2D eigenvalue weighted by atomic mass is 32.2. The van der Waals surface area contributed by atoms with Gasteiger partial charge >= 0.3 is 0 Å². The van der Waals surface area contributed by atoms with Gasteiger partial charge in [-0.25, -0.2) is 0 Å². The number of piperazine rings is 1. The van der Waals surface area contributed by atoms with Gasteiger partial charge < -0.3 is 19.6 Å². The van der Waals surface area contributed by atoms with Crippen molar-refractivity contribution in [3.63, 3.8) is 0 Å². The van der Waals surface area contributed by atoms with Gasteiger partial charge in [-0.2, -0.15) is 11.8 Å². The highest BCUT2D eigenvalue weighted by Crippen LogP contribution is 2.11. The van der Waals surface area contributed by atoms with Crippen LogP contribution in [0, 0.1) is 17.8 Å². The van der Waals surface area contributed by atoms with E-state index in [4.69, 9.17) is 0 Å². The van der Waals surface area contributed by atoms with Crippen LogP contribution in [0.3, 0.4) is 0 Å². The average molecular weight is 541 g/mol. The molecular weight excluding hydrogens is 472 g/mol. The van der Waals surface area contributed by atoms with Gasteiger partial charge in [-0.15, -0.1) is 0 Å². The highest BCUT2D eigenvalue weighted by molar-refractivity contribution is 7.98. The SMILES string of the molecule is CSCCCN(CCCC(C)C)CCCN1CCN(CCCN(CCCC(C)C)CCCC(C)C)CC1. The minimum atomic E-state index is 0.835. The van der Waals surface area contributed by atoms with Gasteiger partial charge in [-0.1, -0.05) is 41.5 Å². The lowest BCUT2D eigenvalue weighted by Gasteiger charge is -2.35. The van der Waals surface area contributed by atoms with Gasteiger partial charge in [0.15, 0.2) is 0 Å². The summed E-state index contributed by atoms with van der Waals surface area (Å²) in [6.45, 7) is 29.6. The van der Waals surface area contributed by atoms with E-state index in [1.54, 1.807) is 0 Å². The Labute approximate surface area is 238 Å². The summed E-state index contributed by atoms with van der Waals surface area (Å²) in [7, 11) is 0. The van der Waals surface area contributed by atoms with Crippen molar-refractivity contribution in [3.8, 4) is 0 Å². The molecule has 0 radical (unpaired) electrons. The van der Waals surface area contributed by atoms with Gasteiger partial charge in [-0.3, -0.25) is 0 Å². The van der Waals surface area contributed by atoms with Crippen LogP contribution < -0.4 is 0 Å². The van der Waals surface area contributed by atoms with E-state index in [2.05, 4.69) is 67.4 Å². The summed E-state index contributed by atoms with van der Waals surface area (Å²) in [6, 6.07) is 0. The fourth-order valence-electron chi connectivity index (χ4n) is 5.55. The van der Waals surface area contributed by atoms with Crippen molar-refractivity contribution in [1.82, 2.24) is 19.6 Å². The summed E-state index contributed by atoms with van der Waals surface area (Å²) in [5, 5.41) is 0. The van der Waals surface area contributed by atoms with Crippen molar-refractivity contribution in [2.75, 3.05) is 90.5 Å². The molecule has 0 N–H and O–H groups in total. The van der Waals surface area contributed by atoms with E-state index in [-0.39, 0.29) is 0 Å². The molecule has 1 fully saturated rings. The zero-order chi connectivity index (χ0) is 27.3. The zero-order valence-electron chi connectivity index (χ0n) is 26.5. The number of thioether (sulfide) groups is 1. The van der Waals surface area contributed by atoms with Gasteiger partial charge in [0.1, 0.15) is 0 Å². The third-order valence-electron chi connectivity index (χ3n) is 7.95. The fourth-order valence-corrected chi connectivity index (χ4v) is 5.96. The van der Waals surface area contributed by atoms with Crippen LogP contribution in [0.15, 0.2) is 0 Å². The molecule has 0 aromatic carbocycles. The summed E-state index contributed by atoms with van der Waals surface area (Å²) < 4.78 is 0. The molecule has 1 aliphatic rings. The molecule has 0 bridgehead atoms. The van der Waals surface area contributed by atoms with Gasteiger partial charge in [0.25, 0.3) is 0 Å². The fraction of sp³-hybridized carbons (Fsp3) is 1.00. The number of hydrogen-bond acceptors (Lipinski definition) is 5. The Morgan fingerprint density at radius 1 is 0.514 bits per heavy atom. The maximum Gasteiger partial charge on any atom is 0.0110 e. The van der Waals surface area contributed by atoms with E-state index in [1.807, 2.05) is 11.8 Å². The molecule has 0 aliphatic carbocycles. The van der Waals surface area contributed by atoms with Gasteiger partial charge in [0.05, 0.1) is 0 Å². The number of nitrogens with zero attached hydrogens (tertiary/aromatic N) is 4. The largest absolute Gasteiger partial charge is 0.303 e. The minimum Gasteiger partial charge on any atom is -0.303 e. The lowest BCUT2D eigenvalue weighted by Crippen LogP contribution is -2.47. The normalized spacial score (nSPS) is 15.9. The molecular formula is C32H68N4S. The number of rotatable bonds is 24. The van der Waals surface area contributed by atoms with Gasteiger partial charge in [0.2, 0.25) is 0 Å². The first-order valence-electron chi connectivity index (χ1n) is 16.2. The van der Waals surface area contributed by atoms with E-state index in [0.717, 1.165) is 17.8 Å². The van der Waals surface area contributed by atoms with E-state index in [9.17, 15) is 0 Å². The quantitative estimate of drug-likeness (QED) is 0.121. The average Bonchev–Trinajstić information content (AvgIpc) is 2.84. The van der Waals surface area contributed by atoms with E-state index < -0.39 is 0 Å². The van der Waals surface area contributed by atoms with Crippen LogP contribution in [-0.4, -0.2) is 110 Å². The Hall–Kier alpha value is 0.190. The maximum absolute atomic E-state index is 2.77. The Morgan fingerprint density at radius 3 is 1.16 bits per heavy atom. The third kappa shape index (κ3) is 20.7. The van der Waals surface area contributed by atoms with Crippen LogP contribution in [0.25, 0.3) is 0 Å². The van der Waals surface area contributed by atoms with Crippen LogP contribution >= 0.6 is 11.8 Å². The summed E-state index contributed by atoms with van der Waals surface area (Å²) >= 11 is 1.99. The van der Waals surface area contributed by atoms with Crippen molar-refractivity contribution < 1.29 is 0 Å². The predicted octanol–water partition coefficient (Wildman–Crippen LogP) is 7.05. The first-order valence-corrected chi connectivity index (χ1v) is 17.6. The van der Waals surface area contributed by atoms with Crippen LogP contribution in [0.5, 0.6) is 0 Å². The van der Waals surface area contributed by atoms with Crippen molar-refractivity contribution in [2.45, 2.75) is 99.3 Å². The predicted molar refractivity (Wildman–Crippen MR) is 170 cm³/mol. The molecule has 0 unspecified atom stereocenters. The van der Waals surface area contributed by atoms with Crippen molar-refractivity contribution >= 4 is 11.8 Å². The Morgan fingerprint density at radius 2 is 0.838 bits per heavy atom. The topological polar surface area (TPSA) is 13.0 Å². The molecule has 1 heterocycles. The molecule has 4 nitrogen and oxygen atoms in total. The Bertz CT molecular complexity index is 477. The molecule has 0 amide bonds. The van der Waals surface area contributed by atoms with Crippen LogP contribution in [0.2, 0.25) is 0 Å². The second-order valence-corrected chi connectivity index (χ2v) is 14.0. The Balaban J connectivity index is 2.25. The molecule has 0 aromatic rings. The van der Waals surface area contributed by atoms with Gasteiger partial charge in [0, 0.05) is 26.2 Å². The molecule has 1 rings (SSSR count). The minimum absolute atomic E-state index is 0.835. The second-order valence-electron chi connectivity index (χ2n) is 13.0. The van der Waals surface area contributed by atoms with Crippen LogP contribution in [-0.2, 0) is 0 Å². The highest BCUT2D eigenvalue weighted by Gasteiger charge is 2.17. The first-order chi connectivity index (χ1) is 17.8. The van der Waals surface area contributed by atoms with E-state index >= 15 is 0 Å². The standard InChI is InChI=1S/C32H68N4S/c1-30(2)14-8-17-33(18-9-15-31(3)4)20-11-22-35-25-27-36(28-26-35)23-12-21-34(24-13-29-37-7)19-10-16-32(5)6/h30-32H,8-29H2,1-7H3. The summed E-state index contributed by atoms with van der Waals surface area (Å²) in [4.78, 5) is 11.0. The molecule has 0 aromatic heterocycles. The van der Waals surface area contributed by atoms with Crippen molar-refractivity contribution in [2.24, 2.45) is 17.8 Å². The first kappa shape index (κ1) is 35.2. The monoisotopic (exact) mass is 541 g/mol. The molecule has 5 heteroatoms. The van der Waals surface area contributed by atoms with Crippen molar-refractivity contribution in [3.05, 3.63) is 0 Å². The zero-order valence-corrected chi connectivity index (χ0v) is 27.3. The van der Waals surface area contributed by atoms with E-state index in [1.165, 1.54) is 142 Å². The molecule has 1 saturated heterocycles. The lowest BCUT2D eigenvalue weighted by atomic mass is 10.1. The van der Waals surface area contributed by atoms with Crippen molar-refractivity contribution in [1.29, 1.82) is 0 Å². The molecule has 0 saturated carbocycles. The van der Waals surface area contributed by atoms with Crippen LogP contribution in [0.1, 0.15) is 99.3 Å². The summed E-state index contributed by atoms with van der Waals surface area (Å²) in [5.41, 5.74) is 0. The Kier molecular flexibility index (Phi) is 21.8. The third-order valence-corrected chi connectivity index (χ3v) is 8.65. The second kappa shape index (κ2) is 22.9. The molecule has 37 heavy (non-hydrogen) atoms. The molecule has 0 atom stereocenters. The van der Waals surface area contributed by atoms with E-state index in [0.29, 0.717) is 0 Å².